The van der Waals surface area contributed by atoms with Crippen molar-refractivity contribution < 1.29 is 35.8 Å². The third-order valence-corrected chi connectivity index (χ3v) is 1.67. The first-order valence-electron chi connectivity index (χ1n) is 4.42. The van der Waals surface area contributed by atoms with Crippen LogP contribution in [0.25, 0.3) is 0 Å². The monoisotopic (exact) mass is 275 g/mol. The summed E-state index contributed by atoms with van der Waals surface area (Å²) >= 11 is 0. The molecule has 0 heterocycles. The summed E-state index contributed by atoms with van der Waals surface area (Å²) in [4.78, 5) is 0. The van der Waals surface area contributed by atoms with Gasteiger partial charge >= 0.3 is 12.8 Å². The summed E-state index contributed by atoms with van der Waals surface area (Å²) in [6, 6.07) is 1.06. The minimum Gasteiger partial charge on any atom is -0.482 e. The second kappa shape index (κ2) is 5.23. The van der Waals surface area contributed by atoms with Crippen molar-refractivity contribution in [3.63, 3.8) is 0 Å². The Kier molecular flexibility index (Phi) is 4.15. The van der Waals surface area contributed by atoms with E-state index in [1.807, 2.05) is 0 Å². The smallest absolute Gasteiger partial charge is 0.422 e. The quantitative estimate of drug-likeness (QED) is 0.678. The molecule has 1 aromatic carbocycles. The fraction of sp³-hybridized carbons (Fsp3) is 0.333. The second-order valence-electron chi connectivity index (χ2n) is 3.10. The van der Waals surface area contributed by atoms with Crippen LogP contribution in [0.15, 0.2) is 12.1 Å². The number of anilines is 1. The van der Waals surface area contributed by atoms with Gasteiger partial charge in [0.05, 0.1) is 5.69 Å². The highest BCUT2D eigenvalue weighted by molar-refractivity contribution is 5.56. The lowest BCUT2D eigenvalue weighted by atomic mass is 10.2. The van der Waals surface area contributed by atoms with Crippen LogP contribution in [0.1, 0.15) is 0 Å². The van der Waals surface area contributed by atoms with E-state index < -0.39 is 42.4 Å². The summed E-state index contributed by atoms with van der Waals surface area (Å²) in [6.07, 6.45) is -4.63. The van der Waals surface area contributed by atoms with E-state index in [-0.39, 0.29) is 0 Å². The molecule has 0 aliphatic heterocycles. The molecule has 2 N–H and O–H groups in total. The Morgan fingerprint density at radius 1 is 1.17 bits per heavy atom. The zero-order valence-corrected chi connectivity index (χ0v) is 8.60. The van der Waals surface area contributed by atoms with Gasteiger partial charge in [0.2, 0.25) is 0 Å². The molecule has 1 rings (SSSR count). The summed E-state index contributed by atoms with van der Waals surface area (Å²) in [5.74, 6) is -2.77. The van der Waals surface area contributed by atoms with Crippen LogP contribution in [-0.2, 0) is 0 Å². The summed E-state index contributed by atoms with van der Waals surface area (Å²) in [7, 11) is 0. The maximum Gasteiger partial charge on any atom is 0.422 e. The Balaban J connectivity index is 2.91. The van der Waals surface area contributed by atoms with Crippen molar-refractivity contribution in [3.05, 3.63) is 17.9 Å². The highest BCUT2D eigenvalue weighted by Gasteiger charge is 2.29. The summed E-state index contributed by atoms with van der Waals surface area (Å²) in [5, 5.41) is 0. The minimum atomic E-state index is -4.63. The fourth-order valence-electron chi connectivity index (χ4n) is 1.02. The molecule has 0 aliphatic carbocycles. The van der Waals surface area contributed by atoms with Gasteiger partial charge in [-0.3, -0.25) is 0 Å². The average Bonchev–Trinajstić information content (AvgIpc) is 2.18. The van der Waals surface area contributed by atoms with Gasteiger partial charge in [0.1, 0.15) is 5.75 Å². The Morgan fingerprint density at radius 2 is 1.78 bits per heavy atom. The molecule has 0 amide bonds. The molecule has 0 aliphatic rings. The van der Waals surface area contributed by atoms with Crippen LogP contribution in [0, 0.1) is 5.82 Å². The number of alkyl halides is 5. The largest absolute Gasteiger partial charge is 0.482 e. The molecule has 0 bridgehead atoms. The van der Waals surface area contributed by atoms with Crippen LogP contribution in [0.5, 0.6) is 11.5 Å². The normalized spacial score (nSPS) is 11.7. The predicted molar refractivity (Wildman–Crippen MR) is 49.0 cm³/mol. The second-order valence-corrected chi connectivity index (χ2v) is 3.10. The van der Waals surface area contributed by atoms with Gasteiger partial charge in [0.25, 0.3) is 0 Å². The van der Waals surface area contributed by atoms with E-state index in [0.717, 1.165) is 0 Å². The average molecular weight is 275 g/mol. The van der Waals surface area contributed by atoms with Crippen molar-refractivity contribution in [1.29, 1.82) is 0 Å². The van der Waals surface area contributed by atoms with Crippen LogP contribution in [0.3, 0.4) is 0 Å². The maximum absolute atomic E-state index is 13.0. The number of nitrogen functional groups attached to an aromatic ring is 1. The first-order valence-corrected chi connectivity index (χ1v) is 4.42. The molecule has 0 radical (unpaired) electrons. The van der Waals surface area contributed by atoms with Crippen LogP contribution in [-0.4, -0.2) is 19.4 Å². The van der Waals surface area contributed by atoms with Gasteiger partial charge in [0.15, 0.2) is 18.2 Å². The summed E-state index contributed by atoms with van der Waals surface area (Å²) in [5.41, 5.74) is 4.72. The van der Waals surface area contributed by atoms with Gasteiger partial charge in [-0.05, 0) is 0 Å². The zero-order valence-electron chi connectivity index (χ0n) is 8.60. The van der Waals surface area contributed by atoms with E-state index in [9.17, 15) is 26.3 Å². The topological polar surface area (TPSA) is 44.5 Å². The molecule has 0 unspecified atom stereocenters. The molecule has 0 saturated carbocycles. The van der Waals surface area contributed by atoms with Crippen molar-refractivity contribution in [3.8, 4) is 11.5 Å². The Bertz CT molecular complexity index is 420. The number of halogens is 6. The van der Waals surface area contributed by atoms with Gasteiger partial charge in [-0.15, -0.1) is 0 Å². The molecule has 0 aromatic heterocycles. The molecular weight excluding hydrogens is 268 g/mol. The summed E-state index contributed by atoms with van der Waals surface area (Å²) in [6.45, 7) is -5.00. The van der Waals surface area contributed by atoms with E-state index >= 15 is 0 Å². The number of ether oxygens (including phenoxy) is 2. The van der Waals surface area contributed by atoms with Crippen LogP contribution >= 0.6 is 0 Å². The number of hydrogen-bond donors (Lipinski definition) is 1. The van der Waals surface area contributed by atoms with Crippen molar-refractivity contribution in [2.75, 3.05) is 12.3 Å². The van der Waals surface area contributed by atoms with Crippen LogP contribution in [0.2, 0.25) is 0 Å². The zero-order chi connectivity index (χ0) is 13.9. The molecule has 18 heavy (non-hydrogen) atoms. The molecule has 102 valence electrons. The first-order chi connectivity index (χ1) is 8.19. The van der Waals surface area contributed by atoms with E-state index in [4.69, 9.17) is 5.73 Å². The fourth-order valence-corrected chi connectivity index (χ4v) is 1.02. The Labute approximate surface area is 97.1 Å². The third-order valence-electron chi connectivity index (χ3n) is 1.67. The third kappa shape index (κ3) is 4.22. The van der Waals surface area contributed by atoms with Gasteiger partial charge in [-0.2, -0.15) is 22.0 Å². The number of nitrogens with two attached hydrogens (primary N) is 1. The van der Waals surface area contributed by atoms with Crippen LogP contribution < -0.4 is 15.2 Å². The Morgan fingerprint density at radius 3 is 2.28 bits per heavy atom. The lowest BCUT2D eigenvalue weighted by molar-refractivity contribution is -0.153. The summed E-state index contributed by atoms with van der Waals surface area (Å²) < 4.78 is 80.4. The number of benzene rings is 1. The van der Waals surface area contributed by atoms with Gasteiger partial charge < -0.3 is 15.2 Å². The van der Waals surface area contributed by atoms with Crippen molar-refractivity contribution in [2.45, 2.75) is 12.8 Å². The van der Waals surface area contributed by atoms with Gasteiger partial charge in [-0.25, -0.2) is 4.39 Å². The Hall–Kier alpha value is -1.80. The maximum atomic E-state index is 13.0. The lowest BCUT2D eigenvalue weighted by Gasteiger charge is -2.13. The first kappa shape index (κ1) is 14.3. The molecule has 0 spiro atoms. The standard InChI is InChI=1S/C9H7F6NO2/c10-4-1-5(16)7(17-3-9(13,14)15)2-6(4)18-8(11)12/h1-2,8H,3,16H2. The van der Waals surface area contributed by atoms with Crippen molar-refractivity contribution >= 4 is 5.69 Å². The van der Waals surface area contributed by atoms with Gasteiger partial charge in [-0.1, -0.05) is 0 Å². The van der Waals surface area contributed by atoms with Crippen molar-refractivity contribution in [1.82, 2.24) is 0 Å². The number of hydrogen-bond acceptors (Lipinski definition) is 3. The highest BCUT2D eigenvalue weighted by atomic mass is 19.4. The predicted octanol–water partition coefficient (Wildman–Crippen LogP) is 2.95. The van der Waals surface area contributed by atoms with E-state index in [0.29, 0.717) is 12.1 Å². The molecule has 0 fully saturated rings. The van der Waals surface area contributed by atoms with Crippen LogP contribution in [0.4, 0.5) is 32.0 Å². The van der Waals surface area contributed by atoms with E-state index in [1.54, 1.807) is 0 Å². The molecule has 3 nitrogen and oxygen atoms in total. The number of rotatable bonds is 4. The molecular formula is C9H7F6NO2. The lowest BCUT2D eigenvalue weighted by Crippen LogP contribution is -2.19. The molecule has 0 saturated heterocycles. The van der Waals surface area contributed by atoms with E-state index in [2.05, 4.69) is 9.47 Å². The SMILES string of the molecule is Nc1cc(F)c(OC(F)F)cc1OCC(F)(F)F. The van der Waals surface area contributed by atoms with E-state index in [1.165, 1.54) is 0 Å². The molecule has 0 atom stereocenters. The van der Waals surface area contributed by atoms with Crippen molar-refractivity contribution in [2.24, 2.45) is 0 Å². The van der Waals surface area contributed by atoms with Gasteiger partial charge in [0, 0.05) is 12.1 Å². The molecule has 1 aromatic rings. The highest BCUT2D eigenvalue weighted by Crippen LogP contribution is 2.32. The molecule has 9 heteroatoms. The minimum absolute atomic E-state index is 0.460.